The van der Waals surface area contributed by atoms with Crippen LogP contribution in [0.15, 0.2) is 28.6 Å². The molecule has 0 radical (unpaired) electrons. The first kappa shape index (κ1) is 14.8. The van der Waals surface area contributed by atoms with E-state index < -0.39 is 0 Å². The molecule has 20 heavy (non-hydrogen) atoms. The van der Waals surface area contributed by atoms with Crippen molar-refractivity contribution >= 4 is 39.8 Å². The Hall–Kier alpha value is -1.60. The van der Waals surface area contributed by atoms with Crippen LogP contribution in [0.4, 0.5) is 10.8 Å². The Morgan fingerprint density at radius 1 is 1.35 bits per heavy atom. The molecule has 7 heteroatoms. The van der Waals surface area contributed by atoms with E-state index in [1.54, 1.807) is 0 Å². The number of hydrogen-bond donors (Lipinski definition) is 2. The van der Waals surface area contributed by atoms with Gasteiger partial charge in [-0.3, -0.25) is 4.79 Å². The van der Waals surface area contributed by atoms with Crippen LogP contribution < -0.4 is 11.1 Å². The number of benzene rings is 1. The van der Waals surface area contributed by atoms with E-state index in [-0.39, 0.29) is 5.91 Å². The standard InChI is InChI=1S/C13H16N4OS2/c1-2-3-9-4-6-10(7-5-9)15-11(18)8-19-13-17-16-12(14)20-13/h4-7H,2-3,8H2,1H3,(H2,14,16)(H,15,18). The lowest BCUT2D eigenvalue weighted by atomic mass is 10.1. The van der Waals surface area contributed by atoms with E-state index in [9.17, 15) is 4.79 Å². The molecule has 1 aromatic carbocycles. The fraction of sp³-hybridized carbons (Fsp3) is 0.308. The Balaban J connectivity index is 1.81. The molecule has 0 aliphatic heterocycles. The quantitative estimate of drug-likeness (QED) is 0.802. The van der Waals surface area contributed by atoms with Crippen LogP contribution in [0.25, 0.3) is 0 Å². The second-order valence-corrected chi connectivity index (χ2v) is 6.42. The molecule has 5 nitrogen and oxygen atoms in total. The van der Waals surface area contributed by atoms with Crippen molar-refractivity contribution in [3.05, 3.63) is 29.8 Å². The molecular formula is C13H16N4OS2. The summed E-state index contributed by atoms with van der Waals surface area (Å²) < 4.78 is 0.705. The number of carbonyl (C=O) groups excluding carboxylic acids is 1. The SMILES string of the molecule is CCCc1ccc(NC(=O)CSc2nnc(N)s2)cc1. The van der Waals surface area contributed by atoms with E-state index in [0.29, 0.717) is 15.2 Å². The second kappa shape index (κ2) is 7.25. The van der Waals surface area contributed by atoms with Crippen molar-refractivity contribution in [2.75, 3.05) is 16.8 Å². The number of anilines is 2. The molecule has 0 saturated carbocycles. The first-order chi connectivity index (χ1) is 9.67. The van der Waals surface area contributed by atoms with Gasteiger partial charge in [-0.1, -0.05) is 48.6 Å². The Labute approximate surface area is 126 Å². The van der Waals surface area contributed by atoms with Crippen molar-refractivity contribution in [2.45, 2.75) is 24.1 Å². The first-order valence-corrected chi connectivity index (χ1v) is 8.08. The third-order valence-corrected chi connectivity index (χ3v) is 4.41. The third-order valence-electron chi connectivity index (χ3n) is 2.53. The van der Waals surface area contributed by atoms with E-state index in [1.807, 2.05) is 24.3 Å². The van der Waals surface area contributed by atoms with Gasteiger partial charge in [0.1, 0.15) is 0 Å². The van der Waals surface area contributed by atoms with Crippen LogP contribution in [0.3, 0.4) is 0 Å². The molecule has 1 amide bonds. The van der Waals surface area contributed by atoms with Gasteiger partial charge in [0.2, 0.25) is 11.0 Å². The molecule has 106 valence electrons. The first-order valence-electron chi connectivity index (χ1n) is 6.28. The number of nitrogens with two attached hydrogens (primary N) is 1. The third kappa shape index (κ3) is 4.50. The van der Waals surface area contributed by atoms with E-state index in [2.05, 4.69) is 22.4 Å². The van der Waals surface area contributed by atoms with Gasteiger partial charge in [-0.15, -0.1) is 10.2 Å². The summed E-state index contributed by atoms with van der Waals surface area (Å²) in [6, 6.07) is 7.93. The highest BCUT2D eigenvalue weighted by Crippen LogP contribution is 2.23. The highest BCUT2D eigenvalue weighted by Gasteiger charge is 2.07. The smallest absolute Gasteiger partial charge is 0.234 e. The van der Waals surface area contributed by atoms with Crippen LogP contribution in [-0.2, 0) is 11.2 Å². The zero-order valence-electron chi connectivity index (χ0n) is 11.1. The van der Waals surface area contributed by atoms with Gasteiger partial charge in [-0.2, -0.15) is 0 Å². The van der Waals surface area contributed by atoms with Gasteiger partial charge in [-0.05, 0) is 24.1 Å². The highest BCUT2D eigenvalue weighted by molar-refractivity contribution is 8.01. The molecule has 0 unspecified atom stereocenters. The number of thioether (sulfide) groups is 1. The Morgan fingerprint density at radius 3 is 2.70 bits per heavy atom. The topological polar surface area (TPSA) is 80.9 Å². The van der Waals surface area contributed by atoms with Crippen molar-refractivity contribution in [3.63, 3.8) is 0 Å². The molecule has 0 fully saturated rings. The van der Waals surface area contributed by atoms with Gasteiger partial charge in [0.05, 0.1) is 5.75 Å². The van der Waals surface area contributed by atoms with Gasteiger partial charge < -0.3 is 11.1 Å². The van der Waals surface area contributed by atoms with E-state index in [4.69, 9.17) is 5.73 Å². The summed E-state index contributed by atoms with van der Waals surface area (Å²) in [5.74, 6) is 0.234. The summed E-state index contributed by atoms with van der Waals surface area (Å²) in [5, 5.41) is 10.8. The monoisotopic (exact) mass is 308 g/mol. The molecule has 3 N–H and O–H groups in total. The minimum atomic E-state index is -0.0630. The maximum absolute atomic E-state index is 11.8. The molecule has 0 aliphatic rings. The van der Waals surface area contributed by atoms with Crippen molar-refractivity contribution in [1.29, 1.82) is 0 Å². The van der Waals surface area contributed by atoms with Gasteiger partial charge in [0, 0.05) is 5.69 Å². The molecule has 0 spiro atoms. The second-order valence-electron chi connectivity index (χ2n) is 4.19. The van der Waals surface area contributed by atoms with E-state index in [1.165, 1.54) is 28.7 Å². The lowest BCUT2D eigenvalue weighted by molar-refractivity contribution is -0.113. The number of amides is 1. The van der Waals surface area contributed by atoms with Crippen LogP contribution >= 0.6 is 23.1 Å². The molecule has 0 bridgehead atoms. The average Bonchev–Trinajstić information content (AvgIpc) is 2.85. The van der Waals surface area contributed by atoms with Crippen molar-refractivity contribution < 1.29 is 4.79 Å². The van der Waals surface area contributed by atoms with E-state index in [0.717, 1.165) is 18.5 Å². The number of nitrogen functional groups attached to an aromatic ring is 1. The van der Waals surface area contributed by atoms with Crippen LogP contribution in [0.5, 0.6) is 0 Å². The summed E-state index contributed by atoms with van der Waals surface area (Å²) >= 11 is 2.61. The van der Waals surface area contributed by atoms with Gasteiger partial charge in [0.25, 0.3) is 0 Å². The summed E-state index contributed by atoms with van der Waals surface area (Å²) in [6.07, 6.45) is 2.18. The van der Waals surface area contributed by atoms with Gasteiger partial charge in [-0.25, -0.2) is 0 Å². The molecule has 0 atom stereocenters. The zero-order chi connectivity index (χ0) is 14.4. The number of hydrogen-bond acceptors (Lipinski definition) is 6. The fourth-order valence-corrected chi connectivity index (χ4v) is 3.08. The summed E-state index contributed by atoms with van der Waals surface area (Å²) in [4.78, 5) is 11.8. The number of nitrogens with zero attached hydrogens (tertiary/aromatic N) is 2. The minimum Gasteiger partial charge on any atom is -0.374 e. The van der Waals surface area contributed by atoms with Crippen LogP contribution in [0.1, 0.15) is 18.9 Å². The number of aryl methyl sites for hydroxylation is 1. The Bertz CT molecular complexity index is 568. The predicted molar refractivity (Wildman–Crippen MR) is 84.1 cm³/mol. The largest absolute Gasteiger partial charge is 0.374 e. The Kier molecular flexibility index (Phi) is 5.37. The summed E-state index contributed by atoms with van der Waals surface area (Å²) in [6.45, 7) is 2.15. The summed E-state index contributed by atoms with van der Waals surface area (Å²) in [5.41, 5.74) is 7.57. The van der Waals surface area contributed by atoms with Crippen molar-refractivity contribution in [2.24, 2.45) is 0 Å². The lowest BCUT2D eigenvalue weighted by Crippen LogP contribution is -2.13. The van der Waals surface area contributed by atoms with Gasteiger partial charge in [0.15, 0.2) is 4.34 Å². The van der Waals surface area contributed by atoms with Gasteiger partial charge >= 0.3 is 0 Å². The maximum Gasteiger partial charge on any atom is 0.234 e. The summed E-state index contributed by atoms with van der Waals surface area (Å²) in [7, 11) is 0. The molecule has 0 aliphatic carbocycles. The normalized spacial score (nSPS) is 10.4. The number of aromatic nitrogens is 2. The highest BCUT2D eigenvalue weighted by atomic mass is 32.2. The fourth-order valence-electron chi connectivity index (χ4n) is 1.65. The number of nitrogens with one attached hydrogen (secondary N) is 1. The Morgan fingerprint density at radius 2 is 2.10 bits per heavy atom. The van der Waals surface area contributed by atoms with Crippen molar-refractivity contribution in [3.8, 4) is 0 Å². The molecule has 2 aromatic rings. The van der Waals surface area contributed by atoms with Crippen LogP contribution in [-0.4, -0.2) is 21.9 Å². The van der Waals surface area contributed by atoms with Crippen molar-refractivity contribution in [1.82, 2.24) is 10.2 Å². The number of carbonyl (C=O) groups is 1. The molecule has 1 heterocycles. The number of rotatable bonds is 6. The molecule has 2 rings (SSSR count). The molecule has 0 saturated heterocycles. The van der Waals surface area contributed by atoms with E-state index >= 15 is 0 Å². The van der Waals surface area contributed by atoms with Crippen LogP contribution in [0.2, 0.25) is 0 Å². The average molecular weight is 308 g/mol. The van der Waals surface area contributed by atoms with Crippen LogP contribution in [0, 0.1) is 0 Å². The minimum absolute atomic E-state index is 0.0630. The zero-order valence-corrected chi connectivity index (χ0v) is 12.8. The maximum atomic E-state index is 11.8. The molecular weight excluding hydrogens is 292 g/mol. The molecule has 1 aromatic heterocycles. The predicted octanol–water partition coefficient (Wildman–Crippen LogP) is 2.80. The lowest BCUT2D eigenvalue weighted by Gasteiger charge is -2.05.